The van der Waals surface area contributed by atoms with E-state index < -0.39 is 5.60 Å². The third-order valence-corrected chi connectivity index (χ3v) is 2.11. The van der Waals surface area contributed by atoms with Crippen LogP contribution in [0.5, 0.6) is 0 Å². The van der Waals surface area contributed by atoms with Gasteiger partial charge in [0.2, 0.25) is 0 Å². The zero-order chi connectivity index (χ0) is 13.6. The Bertz CT molecular complexity index is 357. The molecule has 0 bridgehead atoms. The topological polar surface area (TPSA) is 67.6 Å². The zero-order valence-electron chi connectivity index (χ0n) is 11.4. The molecular weight excluding hydrogens is 234 g/mol. The molecule has 0 aliphatic rings. The molecule has 0 aliphatic heterocycles. The maximum atomic E-state index is 11.6. The number of nitrogens with one attached hydrogen (secondary N) is 1. The molecule has 18 heavy (non-hydrogen) atoms. The summed E-state index contributed by atoms with van der Waals surface area (Å²) < 4.78 is 10.3. The summed E-state index contributed by atoms with van der Waals surface area (Å²) in [6.07, 6.45) is 2.73. The van der Waals surface area contributed by atoms with E-state index in [1.807, 2.05) is 20.8 Å². The van der Waals surface area contributed by atoms with Crippen molar-refractivity contribution in [3.05, 3.63) is 18.4 Å². The van der Waals surface area contributed by atoms with Crippen LogP contribution in [0.3, 0.4) is 0 Å². The fraction of sp³-hybridized carbons (Fsp3) is 0.667. The summed E-state index contributed by atoms with van der Waals surface area (Å²) in [7, 11) is 1.71. The van der Waals surface area contributed by atoms with Crippen molar-refractivity contribution in [2.75, 3.05) is 20.1 Å². The standard InChI is InChI=1S/C12H21N3O3/c1-12(2,3)18-11(16)15(4)6-5-13-7-10-8-14-9-17-10/h8-9,13H,5-7H2,1-4H3. The van der Waals surface area contributed by atoms with Crippen LogP contribution < -0.4 is 5.32 Å². The Hall–Kier alpha value is -1.56. The lowest BCUT2D eigenvalue weighted by Gasteiger charge is -2.24. The number of hydrogen-bond acceptors (Lipinski definition) is 5. The molecule has 102 valence electrons. The van der Waals surface area contributed by atoms with Gasteiger partial charge in [-0.05, 0) is 20.8 Å². The van der Waals surface area contributed by atoms with Crippen molar-refractivity contribution in [2.24, 2.45) is 0 Å². The van der Waals surface area contributed by atoms with E-state index in [0.717, 1.165) is 5.76 Å². The largest absolute Gasteiger partial charge is 0.447 e. The number of nitrogens with zero attached hydrogens (tertiary/aromatic N) is 2. The summed E-state index contributed by atoms with van der Waals surface area (Å²) in [5.74, 6) is 0.773. The lowest BCUT2D eigenvalue weighted by molar-refractivity contribution is 0.0300. The Kier molecular flexibility index (Phi) is 5.15. The van der Waals surface area contributed by atoms with Crippen molar-refractivity contribution in [3.63, 3.8) is 0 Å². The Balaban J connectivity index is 2.16. The number of oxazole rings is 1. The van der Waals surface area contributed by atoms with E-state index in [4.69, 9.17) is 9.15 Å². The molecule has 1 rings (SSSR count). The molecule has 0 aliphatic carbocycles. The highest BCUT2D eigenvalue weighted by molar-refractivity contribution is 5.67. The third-order valence-electron chi connectivity index (χ3n) is 2.11. The summed E-state index contributed by atoms with van der Waals surface area (Å²) in [6, 6.07) is 0. The maximum absolute atomic E-state index is 11.6. The molecule has 0 unspecified atom stereocenters. The summed E-state index contributed by atoms with van der Waals surface area (Å²) in [4.78, 5) is 17.0. The number of rotatable bonds is 5. The maximum Gasteiger partial charge on any atom is 0.410 e. The second-order valence-electron chi connectivity index (χ2n) is 5.05. The van der Waals surface area contributed by atoms with Gasteiger partial charge in [-0.1, -0.05) is 0 Å². The number of amides is 1. The average Bonchev–Trinajstić information content (AvgIpc) is 2.74. The first-order chi connectivity index (χ1) is 8.38. The number of ether oxygens (including phenoxy) is 1. The molecule has 0 saturated heterocycles. The third kappa shape index (κ3) is 5.67. The first-order valence-electron chi connectivity index (χ1n) is 5.90. The van der Waals surface area contributed by atoms with Gasteiger partial charge in [-0.15, -0.1) is 0 Å². The number of hydrogen-bond donors (Lipinski definition) is 1. The number of likely N-dealkylation sites (N-methyl/N-ethyl adjacent to an activating group) is 1. The molecule has 1 amide bonds. The molecule has 1 aromatic rings. The van der Waals surface area contributed by atoms with Crippen LogP contribution in [-0.2, 0) is 11.3 Å². The van der Waals surface area contributed by atoms with Gasteiger partial charge >= 0.3 is 6.09 Å². The minimum atomic E-state index is -0.460. The first kappa shape index (κ1) is 14.5. The minimum absolute atomic E-state index is 0.316. The Morgan fingerprint density at radius 3 is 2.83 bits per heavy atom. The predicted octanol–water partition coefficient (Wildman–Crippen LogP) is 1.63. The summed E-state index contributed by atoms with van der Waals surface area (Å²) in [6.45, 7) is 7.38. The molecule has 0 fully saturated rings. The van der Waals surface area contributed by atoms with Crippen molar-refractivity contribution in [1.82, 2.24) is 15.2 Å². The number of carbonyl (C=O) groups is 1. The van der Waals surface area contributed by atoms with Gasteiger partial charge in [0.1, 0.15) is 11.4 Å². The summed E-state index contributed by atoms with van der Waals surface area (Å²) >= 11 is 0. The van der Waals surface area contributed by atoms with E-state index in [1.165, 1.54) is 6.39 Å². The molecule has 0 spiro atoms. The Labute approximate surface area is 107 Å². The van der Waals surface area contributed by atoms with Crippen LogP contribution in [-0.4, -0.2) is 41.7 Å². The van der Waals surface area contributed by atoms with Crippen molar-refractivity contribution in [1.29, 1.82) is 0 Å². The monoisotopic (exact) mass is 255 g/mol. The molecule has 1 heterocycles. The van der Waals surface area contributed by atoms with Crippen LogP contribution in [0.15, 0.2) is 17.0 Å². The zero-order valence-corrected chi connectivity index (χ0v) is 11.4. The number of aromatic nitrogens is 1. The van der Waals surface area contributed by atoms with E-state index in [1.54, 1.807) is 18.1 Å². The van der Waals surface area contributed by atoms with Crippen LogP contribution in [0.1, 0.15) is 26.5 Å². The average molecular weight is 255 g/mol. The lowest BCUT2D eigenvalue weighted by atomic mass is 10.2. The van der Waals surface area contributed by atoms with Gasteiger partial charge in [0, 0.05) is 20.1 Å². The second kappa shape index (κ2) is 6.39. The van der Waals surface area contributed by atoms with Gasteiger partial charge in [-0.2, -0.15) is 0 Å². The fourth-order valence-electron chi connectivity index (χ4n) is 1.22. The Morgan fingerprint density at radius 1 is 1.56 bits per heavy atom. The molecule has 0 aromatic carbocycles. The molecule has 0 saturated carbocycles. The van der Waals surface area contributed by atoms with E-state index in [2.05, 4.69) is 10.3 Å². The quantitative estimate of drug-likeness (QED) is 0.810. The highest BCUT2D eigenvalue weighted by atomic mass is 16.6. The normalized spacial score (nSPS) is 11.3. The van der Waals surface area contributed by atoms with Crippen molar-refractivity contribution >= 4 is 6.09 Å². The fourth-order valence-corrected chi connectivity index (χ4v) is 1.22. The van der Waals surface area contributed by atoms with Crippen molar-refractivity contribution in [3.8, 4) is 0 Å². The van der Waals surface area contributed by atoms with Gasteiger partial charge < -0.3 is 19.4 Å². The smallest absolute Gasteiger partial charge is 0.410 e. The second-order valence-corrected chi connectivity index (χ2v) is 5.05. The highest BCUT2D eigenvalue weighted by Crippen LogP contribution is 2.08. The molecule has 6 nitrogen and oxygen atoms in total. The molecule has 0 atom stereocenters. The van der Waals surface area contributed by atoms with Crippen molar-refractivity contribution < 1.29 is 13.9 Å². The molecule has 6 heteroatoms. The van der Waals surface area contributed by atoms with Gasteiger partial charge in [0.25, 0.3) is 0 Å². The van der Waals surface area contributed by atoms with Crippen LogP contribution >= 0.6 is 0 Å². The molecule has 1 aromatic heterocycles. The molecular formula is C12H21N3O3. The van der Waals surface area contributed by atoms with E-state index >= 15 is 0 Å². The Morgan fingerprint density at radius 2 is 2.28 bits per heavy atom. The van der Waals surface area contributed by atoms with E-state index in [-0.39, 0.29) is 6.09 Å². The summed E-state index contributed by atoms with van der Waals surface area (Å²) in [5.41, 5.74) is -0.460. The van der Waals surface area contributed by atoms with Gasteiger partial charge in [0.05, 0.1) is 12.7 Å². The SMILES string of the molecule is CN(CCNCc1cnco1)C(=O)OC(C)(C)C. The first-order valence-corrected chi connectivity index (χ1v) is 5.90. The van der Waals surface area contributed by atoms with Crippen LogP contribution in [0.2, 0.25) is 0 Å². The molecule has 1 N–H and O–H groups in total. The van der Waals surface area contributed by atoms with Gasteiger partial charge in [-0.25, -0.2) is 9.78 Å². The lowest BCUT2D eigenvalue weighted by Crippen LogP contribution is -2.37. The van der Waals surface area contributed by atoms with Crippen LogP contribution in [0.4, 0.5) is 4.79 Å². The highest BCUT2D eigenvalue weighted by Gasteiger charge is 2.18. The van der Waals surface area contributed by atoms with E-state index in [0.29, 0.717) is 19.6 Å². The van der Waals surface area contributed by atoms with Gasteiger partial charge in [-0.3, -0.25) is 0 Å². The predicted molar refractivity (Wildman–Crippen MR) is 67.1 cm³/mol. The minimum Gasteiger partial charge on any atom is -0.447 e. The van der Waals surface area contributed by atoms with Crippen LogP contribution in [0, 0.1) is 0 Å². The summed E-state index contributed by atoms with van der Waals surface area (Å²) in [5, 5.41) is 3.15. The van der Waals surface area contributed by atoms with E-state index in [9.17, 15) is 4.79 Å². The van der Waals surface area contributed by atoms with Crippen LogP contribution in [0.25, 0.3) is 0 Å². The van der Waals surface area contributed by atoms with Crippen molar-refractivity contribution in [2.45, 2.75) is 32.9 Å². The number of carbonyl (C=O) groups excluding carboxylic acids is 1. The molecule has 0 radical (unpaired) electrons. The van der Waals surface area contributed by atoms with Gasteiger partial charge in [0.15, 0.2) is 6.39 Å².